The Balaban J connectivity index is 1.63. The van der Waals surface area contributed by atoms with Gasteiger partial charge in [-0.1, -0.05) is 43.3 Å². The molecule has 2 unspecified atom stereocenters. The standard InChI is InChI=1S/C32H33NO6/c1-4-15-38-26-14-11-22(18-27(26)37-5-2)29-28(30(34)23-12-13-25-24(17-23)16-20(3)39-25)31(35)32(36)33(29)19-21-9-7-6-8-10-21/h6-14,17-18,20,29,34H,4-5,15-16,19H2,1-3H3. The highest BCUT2D eigenvalue weighted by atomic mass is 16.5. The fourth-order valence-electron chi connectivity index (χ4n) is 5.19. The maximum Gasteiger partial charge on any atom is 0.295 e. The Labute approximate surface area is 228 Å². The van der Waals surface area contributed by atoms with Crippen molar-refractivity contribution in [1.82, 2.24) is 4.90 Å². The van der Waals surface area contributed by atoms with Gasteiger partial charge in [0.25, 0.3) is 11.7 Å². The second-order valence-electron chi connectivity index (χ2n) is 9.86. The number of fused-ring (bicyclic) bond motifs is 1. The van der Waals surface area contributed by atoms with Crippen molar-refractivity contribution in [1.29, 1.82) is 0 Å². The van der Waals surface area contributed by atoms with Gasteiger partial charge in [0, 0.05) is 18.5 Å². The summed E-state index contributed by atoms with van der Waals surface area (Å²) in [7, 11) is 0. The van der Waals surface area contributed by atoms with E-state index in [1.54, 1.807) is 24.3 Å². The lowest BCUT2D eigenvalue weighted by Crippen LogP contribution is -2.29. The van der Waals surface area contributed by atoms with Crippen LogP contribution < -0.4 is 14.2 Å². The zero-order valence-electron chi connectivity index (χ0n) is 22.5. The zero-order valence-corrected chi connectivity index (χ0v) is 22.5. The summed E-state index contributed by atoms with van der Waals surface area (Å²) in [6, 6.07) is 19.5. The number of ketones is 1. The first kappa shape index (κ1) is 26.4. The van der Waals surface area contributed by atoms with Gasteiger partial charge in [0.2, 0.25) is 0 Å². The van der Waals surface area contributed by atoms with Crippen molar-refractivity contribution in [3.05, 3.63) is 94.6 Å². The molecule has 1 N–H and O–H groups in total. The van der Waals surface area contributed by atoms with Gasteiger partial charge in [-0.05, 0) is 67.3 Å². The van der Waals surface area contributed by atoms with Crippen molar-refractivity contribution < 1.29 is 28.9 Å². The number of benzene rings is 3. The molecule has 7 heteroatoms. The summed E-state index contributed by atoms with van der Waals surface area (Å²) >= 11 is 0. The highest BCUT2D eigenvalue weighted by Gasteiger charge is 2.46. The minimum absolute atomic E-state index is 0.0410. The summed E-state index contributed by atoms with van der Waals surface area (Å²) in [6.07, 6.45) is 1.59. The maximum absolute atomic E-state index is 13.5. The molecule has 39 heavy (non-hydrogen) atoms. The molecule has 1 saturated heterocycles. The van der Waals surface area contributed by atoms with Crippen LogP contribution in [0.4, 0.5) is 0 Å². The van der Waals surface area contributed by atoms with Crippen molar-refractivity contribution >= 4 is 17.4 Å². The van der Waals surface area contributed by atoms with Crippen molar-refractivity contribution in [2.45, 2.75) is 52.3 Å². The third kappa shape index (κ3) is 5.21. The molecule has 0 aliphatic carbocycles. The average Bonchev–Trinajstić information content (AvgIpc) is 3.43. The lowest BCUT2D eigenvalue weighted by molar-refractivity contribution is -0.140. The van der Waals surface area contributed by atoms with Crippen LogP contribution in [0.3, 0.4) is 0 Å². The minimum Gasteiger partial charge on any atom is -0.507 e. The van der Waals surface area contributed by atoms with Crippen LogP contribution in [0.5, 0.6) is 17.2 Å². The molecule has 2 aliphatic heterocycles. The van der Waals surface area contributed by atoms with Gasteiger partial charge in [0.15, 0.2) is 11.5 Å². The number of rotatable bonds is 9. The molecule has 0 bridgehead atoms. The van der Waals surface area contributed by atoms with Crippen molar-refractivity contribution in [2.24, 2.45) is 0 Å². The Kier molecular flexibility index (Phi) is 7.59. The number of aliphatic hydroxyl groups is 1. The van der Waals surface area contributed by atoms with E-state index in [1.165, 1.54) is 4.90 Å². The first-order valence-electron chi connectivity index (χ1n) is 13.4. The van der Waals surface area contributed by atoms with Gasteiger partial charge in [-0.3, -0.25) is 9.59 Å². The van der Waals surface area contributed by atoms with Gasteiger partial charge < -0.3 is 24.2 Å². The lowest BCUT2D eigenvalue weighted by Gasteiger charge is -2.26. The third-order valence-corrected chi connectivity index (χ3v) is 6.95. The van der Waals surface area contributed by atoms with Crippen LogP contribution in [0, 0.1) is 0 Å². The highest BCUT2D eigenvalue weighted by Crippen LogP contribution is 2.43. The number of nitrogens with zero attached hydrogens (tertiary/aromatic N) is 1. The lowest BCUT2D eigenvalue weighted by atomic mass is 9.94. The molecule has 7 nitrogen and oxygen atoms in total. The molecule has 0 saturated carbocycles. The van der Waals surface area contributed by atoms with Crippen molar-refractivity contribution in [3.63, 3.8) is 0 Å². The SMILES string of the molecule is CCCOc1ccc(C2C(=C(O)c3ccc4c(c3)CC(C)O4)C(=O)C(=O)N2Cc2ccccc2)cc1OCC. The molecule has 2 atom stereocenters. The zero-order chi connectivity index (χ0) is 27.5. The Morgan fingerprint density at radius 1 is 1.00 bits per heavy atom. The van der Waals surface area contributed by atoms with E-state index in [0.717, 1.165) is 23.3 Å². The smallest absolute Gasteiger partial charge is 0.295 e. The molecule has 0 radical (unpaired) electrons. The fourth-order valence-corrected chi connectivity index (χ4v) is 5.19. The number of likely N-dealkylation sites (tertiary alicyclic amines) is 1. The van der Waals surface area contributed by atoms with Crippen LogP contribution in [-0.4, -0.2) is 41.0 Å². The van der Waals surface area contributed by atoms with Crippen molar-refractivity contribution in [3.8, 4) is 17.2 Å². The number of ether oxygens (including phenoxy) is 3. The molecule has 3 aromatic rings. The maximum atomic E-state index is 13.5. The molecule has 0 aromatic heterocycles. The van der Waals surface area contributed by atoms with E-state index in [9.17, 15) is 14.7 Å². The van der Waals surface area contributed by atoms with E-state index < -0.39 is 17.7 Å². The highest BCUT2D eigenvalue weighted by molar-refractivity contribution is 6.46. The molecule has 2 aliphatic rings. The van der Waals surface area contributed by atoms with Crippen LogP contribution in [0.25, 0.3) is 5.76 Å². The number of carbonyl (C=O) groups excluding carboxylic acids is 2. The van der Waals surface area contributed by atoms with E-state index >= 15 is 0 Å². The minimum atomic E-state index is -0.812. The molecule has 202 valence electrons. The molecule has 5 rings (SSSR count). The van der Waals surface area contributed by atoms with E-state index in [2.05, 4.69) is 0 Å². The summed E-state index contributed by atoms with van der Waals surface area (Å²) in [4.78, 5) is 28.5. The van der Waals surface area contributed by atoms with Crippen LogP contribution in [0.15, 0.2) is 72.3 Å². The van der Waals surface area contributed by atoms with Gasteiger partial charge in [-0.2, -0.15) is 0 Å². The Morgan fingerprint density at radius 2 is 1.79 bits per heavy atom. The quantitative estimate of drug-likeness (QED) is 0.214. The summed E-state index contributed by atoms with van der Waals surface area (Å²) in [6.45, 7) is 7.06. The topological polar surface area (TPSA) is 85.3 Å². The predicted octanol–water partition coefficient (Wildman–Crippen LogP) is 5.82. The first-order valence-corrected chi connectivity index (χ1v) is 13.4. The normalized spacial score (nSPS) is 19.6. The van der Waals surface area contributed by atoms with Crippen LogP contribution in [0.1, 0.15) is 55.5 Å². The fraction of sp³-hybridized carbons (Fsp3) is 0.312. The Morgan fingerprint density at radius 3 is 2.54 bits per heavy atom. The van der Waals surface area contributed by atoms with Crippen LogP contribution in [0.2, 0.25) is 0 Å². The summed E-state index contributed by atoms with van der Waals surface area (Å²) < 4.78 is 17.5. The summed E-state index contributed by atoms with van der Waals surface area (Å²) in [5, 5.41) is 11.5. The number of hydrogen-bond acceptors (Lipinski definition) is 6. The first-order chi connectivity index (χ1) is 18.9. The molecular formula is C32H33NO6. The summed E-state index contributed by atoms with van der Waals surface area (Å²) in [5.41, 5.74) is 3.00. The molecule has 2 heterocycles. The van der Waals surface area contributed by atoms with E-state index in [1.807, 2.05) is 63.2 Å². The number of Topliss-reactive ketones (excluding diaryl/α,β-unsaturated/α-hetero) is 1. The number of hydrogen-bond donors (Lipinski definition) is 1. The van der Waals surface area contributed by atoms with Crippen LogP contribution >= 0.6 is 0 Å². The molecule has 3 aromatic carbocycles. The van der Waals surface area contributed by atoms with Crippen molar-refractivity contribution in [2.75, 3.05) is 13.2 Å². The van der Waals surface area contributed by atoms with Gasteiger partial charge in [0.05, 0.1) is 24.8 Å². The molecule has 0 spiro atoms. The molecule has 1 amide bonds. The predicted molar refractivity (Wildman–Crippen MR) is 148 cm³/mol. The van der Waals surface area contributed by atoms with Gasteiger partial charge >= 0.3 is 0 Å². The average molecular weight is 528 g/mol. The second-order valence-corrected chi connectivity index (χ2v) is 9.86. The number of carbonyl (C=O) groups is 2. The van der Waals surface area contributed by atoms with Gasteiger partial charge in [-0.25, -0.2) is 0 Å². The second kappa shape index (κ2) is 11.2. The third-order valence-electron chi connectivity index (χ3n) is 6.95. The van der Waals surface area contributed by atoms with Gasteiger partial charge in [0.1, 0.15) is 17.6 Å². The van der Waals surface area contributed by atoms with E-state index in [-0.39, 0.29) is 24.0 Å². The Bertz CT molecular complexity index is 1410. The summed E-state index contributed by atoms with van der Waals surface area (Å²) in [5.74, 6) is 0.299. The van der Waals surface area contributed by atoms with Crippen LogP contribution in [-0.2, 0) is 22.6 Å². The monoisotopic (exact) mass is 527 g/mol. The number of amides is 1. The van der Waals surface area contributed by atoms with E-state index in [4.69, 9.17) is 14.2 Å². The Hall–Kier alpha value is -4.26. The number of aliphatic hydroxyl groups excluding tert-OH is 1. The van der Waals surface area contributed by atoms with E-state index in [0.29, 0.717) is 42.3 Å². The molecular weight excluding hydrogens is 494 g/mol. The molecule has 1 fully saturated rings. The largest absolute Gasteiger partial charge is 0.507 e. The van der Waals surface area contributed by atoms with Gasteiger partial charge in [-0.15, -0.1) is 0 Å².